The van der Waals surface area contributed by atoms with Crippen LogP contribution in [0.15, 0.2) is 0 Å². The fraction of sp³-hybridized carbons (Fsp3) is 1.00. The van der Waals surface area contributed by atoms with Crippen LogP contribution in [0, 0.1) is 0 Å². The van der Waals surface area contributed by atoms with Gasteiger partial charge in [0.2, 0.25) is 0 Å². The zero-order valence-electron chi connectivity index (χ0n) is 6.69. The Bertz CT molecular complexity index is 73.0. The number of aliphatic hydroxyl groups excluding tert-OH is 2. The highest BCUT2D eigenvalue weighted by Crippen LogP contribution is 1.87. The van der Waals surface area contributed by atoms with Gasteiger partial charge < -0.3 is 24.4 Å². The number of aliphatic hydroxyl groups is 2. The molecule has 0 aliphatic rings. The fourth-order valence-corrected chi connectivity index (χ4v) is 0.327. The van der Waals surface area contributed by atoms with E-state index in [4.69, 9.17) is 14.9 Å². The predicted octanol–water partition coefficient (Wildman–Crippen LogP) is -0.372. The molecule has 5 nitrogen and oxygen atoms in total. The van der Waals surface area contributed by atoms with Crippen molar-refractivity contribution in [3.05, 3.63) is 0 Å². The summed E-state index contributed by atoms with van der Waals surface area (Å²) in [5.41, 5.74) is 0. The van der Waals surface area contributed by atoms with Crippen LogP contribution in [0.25, 0.3) is 0 Å². The largest absolute Gasteiger partial charge is 0.368 e. The Kier molecular flexibility index (Phi) is 6.39. The third-order valence-corrected chi connectivity index (χ3v) is 0.785. The molecule has 0 fully saturated rings. The van der Waals surface area contributed by atoms with E-state index in [0.29, 0.717) is 0 Å². The van der Waals surface area contributed by atoms with Gasteiger partial charge in [-0.25, -0.2) is 0 Å². The third-order valence-electron chi connectivity index (χ3n) is 0.785. The van der Waals surface area contributed by atoms with Gasteiger partial charge in [-0.3, -0.25) is 0 Å². The van der Waals surface area contributed by atoms with Crippen LogP contribution >= 0.6 is 0 Å². The highest BCUT2D eigenvalue weighted by molar-refractivity contribution is 4.19. The van der Waals surface area contributed by atoms with Crippen LogP contribution in [-0.4, -0.2) is 36.4 Å². The molecular weight excluding hydrogens is 152 g/mol. The molecule has 0 radical (unpaired) electrons. The molecule has 2 atom stereocenters. The second-order valence-corrected chi connectivity index (χ2v) is 1.97. The smallest absolute Gasteiger partial charge is 0.154 e. The SMILES string of the molecule is CC(O)OCOCOC(C)O. The topological polar surface area (TPSA) is 68.2 Å². The lowest BCUT2D eigenvalue weighted by Gasteiger charge is -2.09. The van der Waals surface area contributed by atoms with Gasteiger partial charge in [0.05, 0.1) is 0 Å². The zero-order chi connectivity index (χ0) is 8.69. The van der Waals surface area contributed by atoms with Gasteiger partial charge in [-0.05, 0) is 13.8 Å². The van der Waals surface area contributed by atoms with E-state index in [1.165, 1.54) is 13.8 Å². The lowest BCUT2D eigenvalue weighted by Crippen LogP contribution is -2.14. The number of ether oxygens (including phenoxy) is 3. The first kappa shape index (κ1) is 10.8. The molecule has 2 unspecified atom stereocenters. The maximum absolute atomic E-state index is 8.57. The molecule has 0 aliphatic carbocycles. The van der Waals surface area contributed by atoms with Crippen molar-refractivity contribution in [2.24, 2.45) is 0 Å². The van der Waals surface area contributed by atoms with Crippen LogP contribution in [0.1, 0.15) is 13.8 Å². The minimum atomic E-state index is -0.846. The average Bonchev–Trinajstić information content (AvgIpc) is 1.85. The van der Waals surface area contributed by atoms with Crippen LogP contribution in [-0.2, 0) is 14.2 Å². The molecule has 0 spiro atoms. The van der Waals surface area contributed by atoms with E-state index < -0.39 is 12.6 Å². The van der Waals surface area contributed by atoms with Crippen molar-refractivity contribution in [2.45, 2.75) is 26.4 Å². The maximum Gasteiger partial charge on any atom is 0.154 e. The third kappa shape index (κ3) is 9.80. The Hall–Kier alpha value is -0.200. The van der Waals surface area contributed by atoms with E-state index in [9.17, 15) is 0 Å². The van der Waals surface area contributed by atoms with E-state index >= 15 is 0 Å². The van der Waals surface area contributed by atoms with Gasteiger partial charge in [0.25, 0.3) is 0 Å². The second kappa shape index (κ2) is 6.51. The molecule has 0 amide bonds. The van der Waals surface area contributed by atoms with E-state index in [0.717, 1.165) is 0 Å². The van der Waals surface area contributed by atoms with Gasteiger partial charge in [0, 0.05) is 0 Å². The molecule has 2 N–H and O–H groups in total. The van der Waals surface area contributed by atoms with Crippen molar-refractivity contribution in [3.63, 3.8) is 0 Å². The summed E-state index contributed by atoms with van der Waals surface area (Å²) in [4.78, 5) is 0. The Labute approximate surface area is 65.5 Å². The first-order valence-electron chi connectivity index (χ1n) is 3.30. The first-order valence-corrected chi connectivity index (χ1v) is 3.30. The molecule has 0 aliphatic heterocycles. The fourth-order valence-electron chi connectivity index (χ4n) is 0.327. The summed E-state index contributed by atoms with van der Waals surface area (Å²) < 4.78 is 13.9. The summed E-state index contributed by atoms with van der Waals surface area (Å²) in [5, 5.41) is 17.1. The normalized spacial score (nSPS) is 16.4. The minimum absolute atomic E-state index is 0.0512. The molecule has 0 rings (SSSR count). The highest BCUT2D eigenvalue weighted by atomic mass is 16.8. The summed E-state index contributed by atoms with van der Waals surface area (Å²) in [6.45, 7) is 2.84. The van der Waals surface area contributed by atoms with Crippen molar-refractivity contribution in [2.75, 3.05) is 13.6 Å². The van der Waals surface area contributed by atoms with Gasteiger partial charge in [-0.15, -0.1) is 0 Å². The van der Waals surface area contributed by atoms with Crippen LogP contribution < -0.4 is 0 Å². The summed E-state index contributed by atoms with van der Waals surface area (Å²) in [5.74, 6) is 0. The maximum atomic E-state index is 8.57. The quantitative estimate of drug-likeness (QED) is 0.416. The Morgan fingerprint density at radius 3 is 1.64 bits per heavy atom. The number of hydrogen-bond donors (Lipinski definition) is 2. The zero-order valence-corrected chi connectivity index (χ0v) is 6.69. The van der Waals surface area contributed by atoms with Crippen LogP contribution in [0.5, 0.6) is 0 Å². The van der Waals surface area contributed by atoms with Crippen molar-refractivity contribution in [1.29, 1.82) is 0 Å². The standard InChI is InChI=1S/C6H14O5/c1-5(7)10-3-9-4-11-6(2)8/h5-8H,3-4H2,1-2H3. The molecule has 0 saturated heterocycles. The predicted molar refractivity (Wildman–Crippen MR) is 36.4 cm³/mol. The molecule has 0 bridgehead atoms. The monoisotopic (exact) mass is 166 g/mol. The molecule has 0 aromatic heterocycles. The average molecular weight is 166 g/mol. The first-order chi connectivity index (χ1) is 5.13. The molecule has 5 heteroatoms. The molecule has 0 saturated carbocycles. The molecule has 0 aromatic carbocycles. The Balaban J connectivity index is 2.91. The van der Waals surface area contributed by atoms with Crippen molar-refractivity contribution >= 4 is 0 Å². The molecule has 11 heavy (non-hydrogen) atoms. The Morgan fingerprint density at radius 1 is 1.00 bits per heavy atom. The van der Waals surface area contributed by atoms with Crippen molar-refractivity contribution < 1.29 is 24.4 Å². The summed E-state index contributed by atoms with van der Waals surface area (Å²) in [6.07, 6.45) is -1.69. The van der Waals surface area contributed by atoms with Crippen LogP contribution in [0.3, 0.4) is 0 Å². The van der Waals surface area contributed by atoms with Gasteiger partial charge in [-0.2, -0.15) is 0 Å². The highest BCUT2D eigenvalue weighted by Gasteiger charge is 1.95. The van der Waals surface area contributed by atoms with Gasteiger partial charge in [-0.1, -0.05) is 0 Å². The van der Waals surface area contributed by atoms with Gasteiger partial charge >= 0.3 is 0 Å². The summed E-state index contributed by atoms with van der Waals surface area (Å²) in [7, 11) is 0. The van der Waals surface area contributed by atoms with Crippen LogP contribution in [0.4, 0.5) is 0 Å². The van der Waals surface area contributed by atoms with E-state index in [2.05, 4.69) is 9.47 Å². The van der Waals surface area contributed by atoms with Gasteiger partial charge in [0.1, 0.15) is 0 Å². The minimum Gasteiger partial charge on any atom is -0.368 e. The second-order valence-electron chi connectivity index (χ2n) is 1.97. The summed E-state index contributed by atoms with van der Waals surface area (Å²) >= 11 is 0. The van der Waals surface area contributed by atoms with Crippen LogP contribution in [0.2, 0.25) is 0 Å². The van der Waals surface area contributed by atoms with Crippen molar-refractivity contribution in [3.8, 4) is 0 Å². The van der Waals surface area contributed by atoms with E-state index in [1.54, 1.807) is 0 Å². The molecular formula is C6H14O5. The van der Waals surface area contributed by atoms with E-state index in [-0.39, 0.29) is 13.6 Å². The number of hydrogen-bond acceptors (Lipinski definition) is 5. The van der Waals surface area contributed by atoms with E-state index in [1.807, 2.05) is 0 Å². The Morgan fingerprint density at radius 2 is 1.36 bits per heavy atom. The van der Waals surface area contributed by atoms with Gasteiger partial charge in [0.15, 0.2) is 26.2 Å². The molecule has 68 valence electrons. The molecule has 0 aromatic rings. The molecule has 0 heterocycles. The lowest BCUT2D eigenvalue weighted by molar-refractivity contribution is -0.220. The lowest BCUT2D eigenvalue weighted by atomic mass is 10.8. The summed E-state index contributed by atoms with van der Waals surface area (Å²) in [6, 6.07) is 0. The van der Waals surface area contributed by atoms with Crippen molar-refractivity contribution in [1.82, 2.24) is 0 Å². The number of rotatable bonds is 6.